The van der Waals surface area contributed by atoms with Crippen molar-refractivity contribution in [2.24, 2.45) is 7.05 Å². The maximum atomic E-state index is 12.3. The van der Waals surface area contributed by atoms with Crippen molar-refractivity contribution >= 4 is 17.5 Å². The van der Waals surface area contributed by atoms with Gasteiger partial charge in [0.2, 0.25) is 0 Å². The summed E-state index contributed by atoms with van der Waals surface area (Å²) in [6, 6.07) is 9.24. The van der Waals surface area contributed by atoms with Crippen LogP contribution in [0, 0.1) is 0 Å². The molecule has 3 heterocycles. The lowest BCUT2D eigenvalue weighted by molar-refractivity contribution is -0.671. The van der Waals surface area contributed by atoms with E-state index in [0.29, 0.717) is 11.1 Å². The van der Waals surface area contributed by atoms with Crippen LogP contribution >= 0.6 is 0 Å². The number of carbonyl (C=O) groups excluding carboxylic acids is 2. The first kappa shape index (κ1) is 16.7. The van der Waals surface area contributed by atoms with Gasteiger partial charge in [0.1, 0.15) is 12.7 Å². The normalized spacial score (nSPS) is 10.7. The molecule has 3 aromatic rings. The summed E-state index contributed by atoms with van der Waals surface area (Å²) in [5.41, 5.74) is 3.17. The van der Waals surface area contributed by atoms with Gasteiger partial charge in [0.05, 0.1) is 24.8 Å². The molecule has 6 heteroatoms. The molecule has 0 bridgehead atoms. The molecular weight excluding hydrogens is 320 g/mol. The molecule has 3 rings (SSSR count). The number of rotatable bonds is 4. The van der Waals surface area contributed by atoms with Crippen molar-refractivity contribution in [3.63, 3.8) is 0 Å². The van der Waals surface area contributed by atoms with Gasteiger partial charge in [0, 0.05) is 18.3 Å². The summed E-state index contributed by atoms with van der Waals surface area (Å²) in [5, 5.41) is 0. The van der Waals surface area contributed by atoms with Gasteiger partial charge in [-0.05, 0) is 36.2 Å². The van der Waals surface area contributed by atoms with Crippen molar-refractivity contribution in [2.45, 2.75) is 6.92 Å². The highest BCUT2D eigenvalue weighted by Gasteiger charge is 2.21. The quantitative estimate of drug-likeness (QED) is 0.541. The minimum absolute atomic E-state index is 0.263. The van der Waals surface area contributed by atoms with E-state index in [1.54, 1.807) is 17.5 Å². The van der Waals surface area contributed by atoms with Gasteiger partial charge in [-0.15, -0.1) is 0 Å². The second-order valence-corrected chi connectivity index (χ2v) is 5.58. The summed E-state index contributed by atoms with van der Waals surface area (Å²) >= 11 is 0. The first-order valence-electron chi connectivity index (χ1n) is 7.91. The number of nitrogens with zero attached hydrogens (tertiary/aromatic N) is 2. The number of fused-ring (bicyclic) bond motifs is 1. The van der Waals surface area contributed by atoms with Gasteiger partial charge in [-0.2, -0.15) is 0 Å². The fraction of sp³-hybridized carbons (Fsp3) is 0.211. The fourth-order valence-corrected chi connectivity index (χ4v) is 2.71. The zero-order valence-electron chi connectivity index (χ0n) is 14.4. The molecule has 25 heavy (non-hydrogen) atoms. The van der Waals surface area contributed by atoms with Crippen LogP contribution in [0.4, 0.5) is 0 Å². The summed E-state index contributed by atoms with van der Waals surface area (Å²) in [5.74, 6) is -0.975. The van der Waals surface area contributed by atoms with Crippen molar-refractivity contribution in [3.8, 4) is 11.1 Å². The number of esters is 2. The van der Waals surface area contributed by atoms with E-state index in [2.05, 4.69) is 0 Å². The second-order valence-electron chi connectivity index (χ2n) is 5.58. The number of aromatic nitrogens is 2. The van der Waals surface area contributed by atoms with E-state index in [0.717, 1.165) is 11.1 Å². The van der Waals surface area contributed by atoms with Crippen LogP contribution in [0.25, 0.3) is 16.6 Å². The number of aryl methyl sites for hydroxylation is 1. The van der Waals surface area contributed by atoms with Crippen molar-refractivity contribution in [2.75, 3.05) is 13.7 Å². The van der Waals surface area contributed by atoms with Gasteiger partial charge < -0.3 is 13.9 Å². The Labute approximate surface area is 145 Å². The van der Waals surface area contributed by atoms with E-state index >= 15 is 0 Å². The lowest BCUT2D eigenvalue weighted by Gasteiger charge is -2.06. The fourth-order valence-electron chi connectivity index (χ4n) is 2.71. The molecule has 0 saturated carbocycles. The molecule has 0 unspecified atom stereocenters. The molecule has 0 amide bonds. The molecule has 0 aromatic carbocycles. The number of carbonyl (C=O) groups is 2. The number of pyridine rings is 2. The van der Waals surface area contributed by atoms with E-state index in [4.69, 9.17) is 9.47 Å². The molecule has 0 aliphatic rings. The van der Waals surface area contributed by atoms with Gasteiger partial charge >= 0.3 is 11.9 Å². The average Bonchev–Trinajstić information content (AvgIpc) is 3.01. The summed E-state index contributed by atoms with van der Waals surface area (Å²) in [6.45, 7) is 2.01. The zero-order chi connectivity index (χ0) is 18.0. The Balaban J connectivity index is 2.19. The number of methoxy groups -OCH3 is 1. The summed E-state index contributed by atoms with van der Waals surface area (Å²) in [6.07, 6.45) is 5.65. The Kier molecular flexibility index (Phi) is 4.52. The van der Waals surface area contributed by atoms with Crippen molar-refractivity contribution in [3.05, 3.63) is 60.2 Å². The van der Waals surface area contributed by atoms with Crippen LogP contribution in [0.2, 0.25) is 0 Å². The summed E-state index contributed by atoms with van der Waals surface area (Å²) in [4.78, 5) is 24.3. The minimum atomic E-state index is -0.509. The molecule has 0 atom stereocenters. The van der Waals surface area contributed by atoms with Gasteiger partial charge in [0.25, 0.3) is 0 Å². The van der Waals surface area contributed by atoms with Gasteiger partial charge in [0.15, 0.2) is 12.4 Å². The zero-order valence-corrected chi connectivity index (χ0v) is 14.4. The molecule has 0 aliphatic carbocycles. The van der Waals surface area contributed by atoms with Crippen LogP contribution in [0.3, 0.4) is 0 Å². The molecule has 0 spiro atoms. The van der Waals surface area contributed by atoms with E-state index in [1.165, 1.54) is 13.2 Å². The molecule has 0 saturated heterocycles. The van der Waals surface area contributed by atoms with E-state index in [-0.39, 0.29) is 12.3 Å². The highest BCUT2D eigenvalue weighted by atomic mass is 16.5. The highest BCUT2D eigenvalue weighted by Crippen LogP contribution is 2.25. The first-order chi connectivity index (χ1) is 12.0. The maximum absolute atomic E-state index is 12.3. The standard InChI is InChI=1S/C19H19N2O4/c1-4-25-18(22)15-12-17(19(23)24-3)21-10-7-14(11-16(15)21)13-5-8-20(2)9-6-13/h5-12H,4H2,1-3H3/q+1. The van der Waals surface area contributed by atoms with Crippen LogP contribution in [-0.2, 0) is 16.5 Å². The van der Waals surface area contributed by atoms with Gasteiger partial charge in [-0.1, -0.05) is 0 Å². The Bertz CT molecular complexity index is 942. The molecule has 0 fully saturated rings. The third-order valence-electron chi connectivity index (χ3n) is 3.97. The molecule has 0 radical (unpaired) electrons. The smallest absolute Gasteiger partial charge is 0.355 e. The van der Waals surface area contributed by atoms with E-state index in [1.807, 2.05) is 48.3 Å². The molecular formula is C19H19N2O4+. The van der Waals surface area contributed by atoms with E-state index in [9.17, 15) is 9.59 Å². The van der Waals surface area contributed by atoms with Crippen LogP contribution in [-0.4, -0.2) is 30.1 Å². The SMILES string of the molecule is CCOC(=O)c1cc(C(=O)OC)n2ccc(-c3cc[n+](C)cc3)cc12. The molecule has 6 nitrogen and oxygen atoms in total. The molecule has 0 aliphatic heterocycles. The van der Waals surface area contributed by atoms with Crippen LogP contribution in [0.1, 0.15) is 27.8 Å². The number of hydrogen-bond acceptors (Lipinski definition) is 4. The van der Waals surface area contributed by atoms with E-state index < -0.39 is 11.9 Å². The van der Waals surface area contributed by atoms with Crippen LogP contribution in [0.15, 0.2) is 48.9 Å². The molecule has 0 N–H and O–H groups in total. The highest BCUT2D eigenvalue weighted by molar-refractivity contribution is 6.02. The second kappa shape index (κ2) is 6.76. The number of ether oxygens (including phenoxy) is 2. The van der Waals surface area contributed by atoms with Crippen LogP contribution in [0.5, 0.6) is 0 Å². The van der Waals surface area contributed by atoms with Crippen LogP contribution < -0.4 is 4.57 Å². The monoisotopic (exact) mass is 339 g/mol. The Hall–Kier alpha value is -3.15. The topological polar surface area (TPSA) is 60.9 Å². The van der Waals surface area contributed by atoms with Crippen molar-refractivity contribution in [1.82, 2.24) is 4.40 Å². The number of hydrogen-bond donors (Lipinski definition) is 0. The van der Waals surface area contributed by atoms with Crippen molar-refractivity contribution < 1.29 is 23.6 Å². The third-order valence-corrected chi connectivity index (χ3v) is 3.97. The molecule has 128 valence electrons. The Morgan fingerprint density at radius 2 is 1.80 bits per heavy atom. The minimum Gasteiger partial charge on any atom is -0.464 e. The van der Waals surface area contributed by atoms with Gasteiger partial charge in [-0.3, -0.25) is 0 Å². The molecule has 3 aromatic heterocycles. The lowest BCUT2D eigenvalue weighted by Crippen LogP contribution is -2.25. The first-order valence-corrected chi connectivity index (χ1v) is 7.91. The maximum Gasteiger partial charge on any atom is 0.355 e. The predicted molar refractivity (Wildman–Crippen MR) is 91.3 cm³/mol. The van der Waals surface area contributed by atoms with Crippen molar-refractivity contribution in [1.29, 1.82) is 0 Å². The van der Waals surface area contributed by atoms with Gasteiger partial charge in [-0.25, -0.2) is 14.2 Å². The summed E-state index contributed by atoms with van der Waals surface area (Å²) < 4.78 is 13.5. The Morgan fingerprint density at radius 3 is 2.44 bits per heavy atom. The average molecular weight is 339 g/mol. The largest absolute Gasteiger partial charge is 0.464 e. The lowest BCUT2D eigenvalue weighted by atomic mass is 10.1. The summed E-state index contributed by atoms with van der Waals surface area (Å²) in [7, 11) is 3.26. The Morgan fingerprint density at radius 1 is 1.08 bits per heavy atom. The third kappa shape index (κ3) is 3.10. The predicted octanol–water partition coefficient (Wildman–Crippen LogP) is 2.39.